The van der Waals surface area contributed by atoms with Gasteiger partial charge in [-0.3, -0.25) is 0 Å². The summed E-state index contributed by atoms with van der Waals surface area (Å²) in [5.74, 6) is 0. The van der Waals surface area contributed by atoms with Crippen LogP contribution in [0.25, 0.3) is 0 Å². The fraction of sp³-hybridized carbons (Fsp3) is 0.0556. The Labute approximate surface area is 157 Å². The summed E-state index contributed by atoms with van der Waals surface area (Å²) >= 11 is -0.256. The minimum absolute atomic E-state index is 0.256. The van der Waals surface area contributed by atoms with Crippen LogP contribution in [0.5, 0.6) is 0 Å². The van der Waals surface area contributed by atoms with E-state index in [0.717, 1.165) is 0 Å². The van der Waals surface area contributed by atoms with Gasteiger partial charge in [0.25, 0.3) is 0 Å². The quantitative estimate of drug-likeness (QED) is 0.216. The SMILES string of the molecule is [O-][Cl+3]([O-])([O-])[O-].c1cc[n+](C2c3ccccc3[Te]c3ccccc32)cc1. The van der Waals surface area contributed by atoms with Gasteiger partial charge in [-0.1, -0.05) is 0 Å². The van der Waals surface area contributed by atoms with E-state index in [0.29, 0.717) is 6.04 Å². The third-order valence-electron chi connectivity index (χ3n) is 3.68. The van der Waals surface area contributed by atoms with Crippen LogP contribution in [-0.2, 0) is 0 Å². The maximum absolute atomic E-state index is 8.49. The topological polar surface area (TPSA) is 96.1 Å². The van der Waals surface area contributed by atoms with Gasteiger partial charge in [-0.25, -0.2) is 18.6 Å². The Kier molecular flexibility index (Phi) is 5.72. The van der Waals surface area contributed by atoms with Gasteiger partial charge >= 0.3 is 129 Å². The molecule has 25 heavy (non-hydrogen) atoms. The molecule has 0 N–H and O–H groups in total. The summed E-state index contributed by atoms with van der Waals surface area (Å²) in [6, 6.07) is 24.5. The normalized spacial score (nSPS) is 13.3. The fourth-order valence-electron chi connectivity index (χ4n) is 2.79. The van der Waals surface area contributed by atoms with Crippen LogP contribution in [0.15, 0.2) is 79.1 Å². The second kappa shape index (κ2) is 7.81. The number of hydrogen-bond donors (Lipinski definition) is 0. The zero-order valence-corrected chi connectivity index (χ0v) is 16.0. The molecule has 0 atom stereocenters. The van der Waals surface area contributed by atoms with Crippen molar-refractivity contribution in [1.29, 1.82) is 0 Å². The van der Waals surface area contributed by atoms with Crippen LogP contribution in [0.4, 0.5) is 0 Å². The molecule has 2 aromatic carbocycles. The van der Waals surface area contributed by atoms with E-state index in [4.69, 9.17) is 18.6 Å². The number of halogens is 1. The van der Waals surface area contributed by atoms with Gasteiger partial charge < -0.3 is 0 Å². The first-order chi connectivity index (χ1) is 11.9. The second-order valence-electron chi connectivity index (χ2n) is 5.28. The van der Waals surface area contributed by atoms with Crippen molar-refractivity contribution in [2.24, 2.45) is 0 Å². The third kappa shape index (κ3) is 4.78. The van der Waals surface area contributed by atoms with Crippen LogP contribution in [0.1, 0.15) is 17.2 Å². The molecule has 128 valence electrons. The van der Waals surface area contributed by atoms with E-state index < -0.39 is 10.2 Å². The van der Waals surface area contributed by atoms with E-state index in [1.807, 2.05) is 0 Å². The van der Waals surface area contributed by atoms with Crippen LogP contribution >= 0.6 is 0 Å². The van der Waals surface area contributed by atoms with Crippen molar-refractivity contribution in [1.82, 2.24) is 0 Å². The predicted octanol–water partition coefficient (Wildman–Crippen LogP) is -3.18. The molecule has 0 amide bonds. The van der Waals surface area contributed by atoms with Crippen LogP contribution in [0.2, 0.25) is 0 Å². The molecule has 2 heterocycles. The molecule has 0 unspecified atom stereocenters. The molecule has 0 radical (unpaired) electrons. The summed E-state index contributed by atoms with van der Waals surface area (Å²) in [7, 11) is -4.94. The van der Waals surface area contributed by atoms with Gasteiger partial charge in [-0.2, -0.15) is 0 Å². The zero-order valence-electron chi connectivity index (χ0n) is 12.9. The Morgan fingerprint density at radius 1 is 0.680 bits per heavy atom. The van der Waals surface area contributed by atoms with Crippen molar-refractivity contribution in [2.45, 2.75) is 6.04 Å². The van der Waals surface area contributed by atoms with Gasteiger partial charge in [-0.15, -0.1) is 10.2 Å². The molecule has 7 heteroatoms. The van der Waals surface area contributed by atoms with E-state index in [1.54, 1.807) is 7.22 Å². The van der Waals surface area contributed by atoms with Crippen molar-refractivity contribution in [3.8, 4) is 0 Å². The van der Waals surface area contributed by atoms with E-state index in [1.165, 1.54) is 11.1 Å². The van der Waals surface area contributed by atoms with Crippen LogP contribution in [0.3, 0.4) is 0 Å². The average molecular weight is 471 g/mol. The Hall–Kier alpha value is -1.49. The summed E-state index contributed by atoms with van der Waals surface area (Å²) in [6.07, 6.45) is 4.34. The van der Waals surface area contributed by atoms with Gasteiger partial charge in [0.15, 0.2) is 0 Å². The molecular formula is C18H14ClNO4Te. The molecule has 1 aliphatic heterocycles. The average Bonchev–Trinajstić information content (AvgIpc) is 2.59. The Balaban J connectivity index is 0.000000324. The number of pyridine rings is 1. The van der Waals surface area contributed by atoms with Crippen LogP contribution in [0, 0.1) is 10.2 Å². The third-order valence-corrected chi connectivity index (χ3v) is 7.06. The molecule has 0 saturated carbocycles. The summed E-state index contributed by atoms with van der Waals surface area (Å²) in [5.41, 5.74) is 2.95. The Morgan fingerprint density at radius 2 is 1.12 bits per heavy atom. The van der Waals surface area contributed by atoms with E-state index in [2.05, 4.69) is 83.7 Å². The molecule has 5 nitrogen and oxygen atoms in total. The van der Waals surface area contributed by atoms with Gasteiger partial charge in [0, 0.05) is 0 Å². The van der Waals surface area contributed by atoms with Crippen LogP contribution < -0.4 is 30.4 Å². The van der Waals surface area contributed by atoms with Gasteiger partial charge in [-0.05, 0) is 0 Å². The van der Waals surface area contributed by atoms with Crippen LogP contribution in [-0.4, -0.2) is 20.9 Å². The molecule has 0 fully saturated rings. The van der Waals surface area contributed by atoms with Gasteiger partial charge in [0.1, 0.15) is 0 Å². The van der Waals surface area contributed by atoms with E-state index >= 15 is 0 Å². The van der Waals surface area contributed by atoms with Crippen molar-refractivity contribution in [2.75, 3.05) is 0 Å². The summed E-state index contributed by atoms with van der Waals surface area (Å²) in [5, 5.41) is 0. The second-order valence-corrected chi connectivity index (χ2v) is 9.13. The molecule has 1 aromatic heterocycles. The number of fused-ring (bicyclic) bond motifs is 2. The Morgan fingerprint density at radius 3 is 1.60 bits per heavy atom. The van der Waals surface area contributed by atoms with E-state index in [9.17, 15) is 0 Å². The zero-order chi connectivity index (χ0) is 17.9. The number of nitrogens with zero attached hydrogens (tertiary/aromatic N) is 1. The number of benzene rings is 2. The summed E-state index contributed by atoms with van der Waals surface area (Å²) in [4.78, 5) is 0. The molecule has 0 spiro atoms. The predicted molar refractivity (Wildman–Crippen MR) is 81.8 cm³/mol. The molecule has 0 saturated heterocycles. The van der Waals surface area contributed by atoms with E-state index in [-0.39, 0.29) is 20.9 Å². The monoisotopic (exact) mass is 473 g/mol. The first-order valence-electron chi connectivity index (χ1n) is 7.37. The van der Waals surface area contributed by atoms with Gasteiger partial charge in [0.05, 0.1) is 0 Å². The van der Waals surface area contributed by atoms with Crippen molar-refractivity contribution >= 4 is 28.1 Å². The molecule has 0 bridgehead atoms. The standard InChI is InChI=1S/C18H14NTe.ClHO4/c1-6-12-19(13-7-1)18-14-8-2-4-10-16(14)20-17-11-5-3-9-15(17)18;2-1(3,4)5/h1-13,18H;(H,2,3,4,5)/q+1;/p-1. The number of hydrogen-bond acceptors (Lipinski definition) is 4. The van der Waals surface area contributed by atoms with Crippen molar-refractivity contribution in [3.63, 3.8) is 0 Å². The first-order valence-corrected chi connectivity index (χ1v) is 10.9. The summed E-state index contributed by atoms with van der Waals surface area (Å²) < 4.78 is 39.4. The maximum atomic E-state index is 8.49. The minimum atomic E-state index is -4.94. The van der Waals surface area contributed by atoms with Crippen molar-refractivity contribution in [3.05, 3.63) is 90.3 Å². The molecule has 0 aliphatic carbocycles. The number of rotatable bonds is 1. The molecular weight excluding hydrogens is 457 g/mol. The first kappa shape index (κ1) is 18.3. The molecule has 1 aliphatic rings. The molecule has 4 rings (SSSR count). The Bertz CT molecular complexity index is 803. The fourth-order valence-corrected chi connectivity index (χ4v) is 6.00. The number of aromatic nitrogens is 1. The van der Waals surface area contributed by atoms with Gasteiger partial charge in [0.2, 0.25) is 0 Å². The summed E-state index contributed by atoms with van der Waals surface area (Å²) in [6.45, 7) is 0. The van der Waals surface area contributed by atoms with Crippen molar-refractivity contribution < 1.29 is 33.4 Å². The molecule has 3 aromatic rings.